The number of hydrogen-bond donors (Lipinski definition) is 2. The van der Waals surface area contributed by atoms with Crippen LogP contribution in [0.1, 0.15) is 42.5 Å². The van der Waals surface area contributed by atoms with E-state index < -0.39 is 10.0 Å². The maximum absolute atomic E-state index is 12.7. The molecule has 0 bridgehead atoms. The lowest BCUT2D eigenvalue weighted by Crippen LogP contribution is -2.33. The molecule has 1 aliphatic carbocycles. The molecule has 2 aliphatic rings. The fourth-order valence-electron chi connectivity index (χ4n) is 3.78. The number of amides is 1. The van der Waals surface area contributed by atoms with Crippen molar-refractivity contribution in [3.05, 3.63) is 29.8 Å². The van der Waals surface area contributed by atoms with Gasteiger partial charge in [-0.2, -0.15) is 0 Å². The smallest absolute Gasteiger partial charge is 0.253 e. The molecule has 1 aromatic carbocycles. The van der Waals surface area contributed by atoms with Crippen LogP contribution >= 0.6 is 12.4 Å². The number of nitrogens with zero attached hydrogens (tertiary/aromatic N) is 1. The normalized spacial score (nSPS) is 21.0. The first-order chi connectivity index (χ1) is 12.0. The molecule has 1 amide bonds. The first kappa shape index (κ1) is 21.2. The van der Waals surface area contributed by atoms with Crippen LogP contribution in [-0.2, 0) is 10.0 Å². The molecule has 8 heteroatoms. The molecule has 0 aromatic heterocycles. The highest BCUT2D eigenvalue weighted by molar-refractivity contribution is 7.89. The molecule has 1 aliphatic heterocycles. The molecule has 1 aromatic rings. The van der Waals surface area contributed by atoms with Gasteiger partial charge in [0.25, 0.3) is 5.91 Å². The number of sulfonamides is 1. The molecular weight excluding hydrogens is 374 g/mol. The summed E-state index contributed by atoms with van der Waals surface area (Å²) in [6.45, 7) is 2.34. The second-order valence-electron chi connectivity index (χ2n) is 7.09. The van der Waals surface area contributed by atoms with E-state index in [2.05, 4.69) is 10.0 Å². The van der Waals surface area contributed by atoms with Crippen molar-refractivity contribution in [1.29, 1.82) is 0 Å². The highest BCUT2D eigenvalue weighted by Crippen LogP contribution is 2.22. The Morgan fingerprint density at radius 2 is 1.96 bits per heavy atom. The van der Waals surface area contributed by atoms with Crippen LogP contribution < -0.4 is 10.0 Å². The summed E-state index contributed by atoms with van der Waals surface area (Å²) in [5.41, 5.74) is 0.444. The third kappa shape index (κ3) is 4.97. The van der Waals surface area contributed by atoms with Crippen LogP contribution in [0.4, 0.5) is 0 Å². The molecular formula is C18H28ClN3O3S. The SMILES string of the molecule is CNCC1CCN(C(=O)c2cccc(S(=O)(=O)NC3CCCC3)c2)C1.Cl. The summed E-state index contributed by atoms with van der Waals surface area (Å²) in [6, 6.07) is 6.43. The van der Waals surface area contributed by atoms with Gasteiger partial charge in [0.15, 0.2) is 0 Å². The highest BCUT2D eigenvalue weighted by atomic mass is 35.5. The van der Waals surface area contributed by atoms with Crippen molar-refractivity contribution < 1.29 is 13.2 Å². The van der Waals surface area contributed by atoms with Crippen molar-refractivity contribution in [1.82, 2.24) is 14.9 Å². The van der Waals surface area contributed by atoms with Crippen molar-refractivity contribution in [2.45, 2.75) is 43.0 Å². The molecule has 1 saturated heterocycles. The number of nitrogens with one attached hydrogen (secondary N) is 2. The maximum atomic E-state index is 12.7. The molecule has 26 heavy (non-hydrogen) atoms. The summed E-state index contributed by atoms with van der Waals surface area (Å²) >= 11 is 0. The summed E-state index contributed by atoms with van der Waals surface area (Å²) < 4.78 is 27.9. The zero-order valence-electron chi connectivity index (χ0n) is 15.1. The fraction of sp³-hybridized carbons (Fsp3) is 0.611. The lowest BCUT2D eigenvalue weighted by Gasteiger charge is -2.18. The van der Waals surface area contributed by atoms with Gasteiger partial charge in [-0.25, -0.2) is 13.1 Å². The van der Waals surface area contributed by atoms with Crippen molar-refractivity contribution in [2.24, 2.45) is 5.92 Å². The number of likely N-dealkylation sites (tertiary alicyclic amines) is 1. The quantitative estimate of drug-likeness (QED) is 0.764. The van der Waals surface area contributed by atoms with Gasteiger partial charge in [-0.05, 0) is 57.0 Å². The van der Waals surface area contributed by atoms with Gasteiger partial charge in [0.1, 0.15) is 0 Å². The summed E-state index contributed by atoms with van der Waals surface area (Å²) in [5, 5.41) is 3.15. The number of hydrogen-bond acceptors (Lipinski definition) is 4. The second kappa shape index (κ2) is 9.17. The van der Waals surface area contributed by atoms with Crippen LogP contribution in [0.2, 0.25) is 0 Å². The van der Waals surface area contributed by atoms with E-state index in [4.69, 9.17) is 0 Å². The standard InChI is InChI=1S/C18H27N3O3S.ClH/c1-19-12-14-9-10-21(13-14)18(22)15-5-4-8-17(11-15)25(23,24)20-16-6-2-3-7-16;/h4-5,8,11,14,16,19-20H,2-3,6-7,9-10,12-13H2,1H3;1H. The molecule has 1 saturated carbocycles. The minimum atomic E-state index is -3.57. The number of carbonyl (C=O) groups is 1. The largest absolute Gasteiger partial charge is 0.338 e. The molecule has 6 nitrogen and oxygen atoms in total. The number of halogens is 1. The van der Waals surface area contributed by atoms with Gasteiger partial charge in [-0.3, -0.25) is 4.79 Å². The van der Waals surface area contributed by atoms with E-state index in [-0.39, 0.29) is 29.3 Å². The van der Waals surface area contributed by atoms with Crippen LogP contribution in [0, 0.1) is 5.92 Å². The topological polar surface area (TPSA) is 78.5 Å². The fourth-order valence-corrected chi connectivity index (χ4v) is 5.13. The molecule has 3 rings (SSSR count). The molecule has 146 valence electrons. The Morgan fingerprint density at radius 3 is 2.65 bits per heavy atom. The highest BCUT2D eigenvalue weighted by Gasteiger charge is 2.28. The monoisotopic (exact) mass is 401 g/mol. The Labute approximate surface area is 162 Å². The summed E-state index contributed by atoms with van der Waals surface area (Å²) in [4.78, 5) is 14.7. The number of rotatable bonds is 6. The van der Waals surface area contributed by atoms with Crippen LogP contribution in [-0.4, -0.2) is 51.9 Å². The van der Waals surface area contributed by atoms with Crippen LogP contribution in [0.15, 0.2) is 29.2 Å². The van der Waals surface area contributed by atoms with E-state index in [1.165, 1.54) is 6.07 Å². The summed E-state index contributed by atoms with van der Waals surface area (Å²) in [6.07, 6.45) is 4.88. The Hall–Kier alpha value is -1.15. The van der Waals surface area contributed by atoms with E-state index in [1.54, 1.807) is 18.2 Å². The molecule has 1 heterocycles. The van der Waals surface area contributed by atoms with Crippen molar-refractivity contribution in [3.63, 3.8) is 0 Å². The number of carbonyl (C=O) groups excluding carboxylic acids is 1. The van der Waals surface area contributed by atoms with Crippen LogP contribution in [0.3, 0.4) is 0 Å². The van der Waals surface area contributed by atoms with Gasteiger partial charge < -0.3 is 10.2 Å². The Kier molecular flexibility index (Phi) is 7.46. The zero-order chi connectivity index (χ0) is 17.9. The second-order valence-corrected chi connectivity index (χ2v) is 8.81. The van der Waals surface area contributed by atoms with E-state index in [9.17, 15) is 13.2 Å². The van der Waals surface area contributed by atoms with Crippen LogP contribution in [0.25, 0.3) is 0 Å². The lowest BCUT2D eigenvalue weighted by atomic mass is 10.1. The minimum Gasteiger partial charge on any atom is -0.338 e. The predicted molar refractivity (Wildman–Crippen MR) is 104 cm³/mol. The molecule has 2 N–H and O–H groups in total. The van der Waals surface area contributed by atoms with Gasteiger partial charge in [0.2, 0.25) is 10.0 Å². The third-order valence-corrected chi connectivity index (χ3v) is 6.65. The average Bonchev–Trinajstić information content (AvgIpc) is 3.26. The van der Waals surface area contributed by atoms with E-state index >= 15 is 0 Å². The molecule has 1 atom stereocenters. The van der Waals surface area contributed by atoms with Crippen molar-refractivity contribution in [3.8, 4) is 0 Å². The number of benzene rings is 1. The predicted octanol–water partition coefficient (Wildman–Crippen LogP) is 2.01. The lowest BCUT2D eigenvalue weighted by molar-refractivity contribution is 0.0787. The van der Waals surface area contributed by atoms with E-state index in [0.717, 1.165) is 51.7 Å². The average molecular weight is 402 g/mol. The molecule has 0 radical (unpaired) electrons. The van der Waals surface area contributed by atoms with Crippen LogP contribution in [0.5, 0.6) is 0 Å². The molecule has 0 spiro atoms. The van der Waals surface area contributed by atoms with Gasteiger partial charge in [-0.1, -0.05) is 18.9 Å². The summed E-state index contributed by atoms with van der Waals surface area (Å²) in [5.74, 6) is 0.376. The van der Waals surface area contributed by atoms with Gasteiger partial charge in [0, 0.05) is 24.7 Å². The van der Waals surface area contributed by atoms with E-state index in [1.807, 2.05) is 11.9 Å². The Balaban J connectivity index is 0.00000243. The van der Waals surface area contributed by atoms with Gasteiger partial charge in [0.05, 0.1) is 4.90 Å². The molecule has 1 unspecified atom stereocenters. The maximum Gasteiger partial charge on any atom is 0.253 e. The first-order valence-corrected chi connectivity index (χ1v) is 10.5. The van der Waals surface area contributed by atoms with E-state index in [0.29, 0.717) is 11.5 Å². The third-order valence-electron chi connectivity index (χ3n) is 5.13. The van der Waals surface area contributed by atoms with Crippen molar-refractivity contribution >= 4 is 28.3 Å². The molecule has 2 fully saturated rings. The Bertz CT molecular complexity index is 720. The summed E-state index contributed by atoms with van der Waals surface area (Å²) in [7, 11) is -1.66. The zero-order valence-corrected chi connectivity index (χ0v) is 16.7. The Morgan fingerprint density at radius 1 is 1.23 bits per heavy atom. The van der Waals surface area contributed by atoms with Gasteiger partial charge in [-0.15, -0.1) is 12.4 Å². The van der Waals surface area contributed by atoms with Gasteiger partial charge >= 0.3 is 0 Å². The minimum absolute atomic E-state index is 0. The first-order valence-electron chi connectivity index (χ1n) is 9.06. The van der Waals surface area contributed by atoms with Crippen molar-refractivity contribution in [2.75, 3.05) is 26.7 Å².